The Labute approximate surface area is 177 Å². The summed E-state index contributed by atoms with van der Waals surface area (Å²) in [5.41, 5.74) is 1.81. The van der Waals surface area contributed by atoms with Crippen molar-refractivity contribution >= 4 is 11.6 Å². The van der Waals surface area contributed by atoms with Gasteiger partial charge >= 0.3 is 0 Å². The topological polar surface area (TPSA) is 42.0 Å². The van der Waals surface area contributed by atoms with E-state index in [0.717, 1.165) is 43.2 Å². The lowest BCUT2D eigenvalue weighted by atomic mass is 10.2. The third kappa shape index (κ3) is 4.74. The highest BCUT2D eigenvalue weighted by Gasteiger charge is 2.21. The van der Waals surface area contributed by atoms with Crippen LogP contribution in [0.3, 0.4) is 0 Å². The molecule has 5 nitrogen and oxygen atoms in total. The molecule has 0 aromatic heterocycles. The summed E-state index contributed by atoms with van der Waals surface area (Å²) in [6.07, 6.45) is 0.929. The fourth-order valence-electron chi connectivity index (χ4n) is 3.67. The molecule has 0 radical (unpaired) electrons. The minimum absolute atomic E-state index is 0.0464. The van der Waals surface area contributed by atoms with Crippen LogP contribution >= 0.6 is 0 Å². The van der Waals surface area contributed by atoms with Crippen molar-refractivity contribution in [1.29, 1.82) is 0 Å². The van der Waals surface area contributed by atoms with Crippen LogP contribution in [0.5, 0.6) is 17.2 Å². The maximum Gasteiger partial charge on any atom is 0.254 e. The summed E-state index contributed by atoms with van der Waals surface area (Å²) < 4.78 is 11.1. The Kier molecular flexibility index (Phi) is 6.18. The van der Waals surface area contributed by atoms with Crippen LogP contribution in [0.2, 0.25) is 0 Å². The lowest BCUT2D eigenvalue weighted by Crippen LogP contribution is -2.35. The first-order valence-electron chi connectivity index (χ1n) is 10.2. The molecule has 3 aromatic rings. The lowest BCUT2D eigenvalue weighted by Gasteiger charge is -2.24. The summed E-state index contributed by atoms with van der Waals surface area (Å²) in [6, 6.07) is 25.1. The van der Waals surface area contributed by atoms with Crippen molar-refractivity contribution in [2.45, 2.75) is 6.42 Å². The quantitative estimate of drug-likeness (QED) is 0.612. The third-order valence-corrected chi connectivity index (χ3v) is 5.28. The molecule has 1 saturated heterocycles. The van der Waals surface area contributed by atoms with E-state index in [1.807, 2.05) is 71.6 Å². The highest BCUT2D eigenvalue weighted by Crippen LogP contribution is 2.24. The predicted octanol–water partition coefficient (Wildman–Crippen LogP) is 4.84. The second-order valence-corrected chi connectivity index (χ2v) is 7.27. The van der Waals surface area contributed by atoms with Gasteiger partial charge in [-0.2, -0.15) is 0 Å². The SMILES string of the molecule is COc1ccc(N2CCCN(C(=O)c3cccc(Oc4ccccc4)c3)CC2)cc1. The number of carbonyl (C=O) groups excluding carboxylic acids is 1. The fourth-order valence-corrected chi connectivity index (χ4v) is 3.67. The van der Waals surface area contributed by atoms with Crippen molar-refractivity contribution in [2.24, 2.45) is 0 Å². The minimum Gasteiger partial charge on any atom is -0.497 e. The molecule has 1 fully saturated rings. The summed E-state index contributed by atoms with van der Waals surface area (Å²) in [6.45, 7) is 3.16. The van der Waals surface area contributed by atoms with E-state index in [-0.39, 0.29) is 5.91 Å². The zero-order chi connectivity index (χ0) is 20.8. The Bertz CT molecular complexity index is 973. The second kappa shape index (κ2) is 9.35. The van der Waals surface area contributed by atoms with Crippen LogP contribution in [0.4, 0.5) is 5.69 Å². The largest absolute Gasteiger partial charge is 0.497 e. The van der Waals surface area contributed by atoms with Gasteiger partial charge in [0.15, 0.2) is 0 Å². The molecule has 0 atom stereocenters. The van der Waals surface area contributed by atoms with E-state index in [9.17, 15) is 4.79 Å². The number of para-hydroxylation sites is 1. The monoisotopic (exact) mass is 402 g/mol. The van der Waals surface area contributed by atoms with Crippen molar-refractivity contribution in [3.05, 3.63) is 84.4 Å². The van der Waals surface area contributed by atoms with Gasteiger partial charge in [0.2, 0.25) is 0 Å². The van der Waals surface area contributed by atoms with Crippen LogP contribution in [0, 0.1) is 0 Å². The molecule has 1 heterocycles. The molecule has 30 heavy (non-hydrogen) atoms. The van der Waals surface area contributed by atoms with E-state index in [0.29, 0.717) is 17.9 Å². The molecular formula is C25H26N2O3. The highest BCUT2D eigenvalue weighted by molar-refractivity contribution is 5.94. The smallest absolute Gasteiger partial charge is 0.254 e. The van der Waals surface area contributed by atoms with Gasteiger partial charge < -0.3 is 19.3 Å². The number of ether oxygens (including phenoxy) is 2. The molecule has 0 unspecified atom stereocenters. The van der Waals surface area contributed by atoms with Crippen molar-refractivity contribution in [3.8, 4) is 17.2 Å². The zero-order valence-electron chi connectivity index (χ0n) is 17.2. The van der Waals surface area contributed by atoms with Gasteiger partial charge in [-0.25, -0.2) is 0 Å². The molecule has 1 amide bonds. The minimum atomic E-state index is 0.0464. The Balaban J connectivity index is 1.41. The molecule has 0 spiro atoms. The average Bonchev–Trinajstić information content (AvgIpc) is 3.06. The summed E-state index contributed by atoms with van der Waals surface area (Å²) in [5.74, 6) is 2.32. The van der Waals surface area contributed by atoms with Gasteiger partial charge in [-0.05, 0) is 61.0 Å². The molecule has 0 saturated carbocycles. The number of hydrogen-bond donors (Lipinski definition) is 0. The molecule has 1 aliphatic rings. The van der Waals surface area contributed by atoms with Crippen molar-refractivity contribution in [1.82, 2.24) is 4.90 Å². The summed E-state index contributed by atoms with van der Waals surface area (Å²) >= 11 is 0. The summed E-state index contributed by atoms with van der Waals surface area (Å²) in [5, 5.41) is 0. The summed E-state index contributed by atoms with van der Waals surface area (Å²) in [7, 11) is 1.67. The van der Waals surface area contributed by atoms with Gasteiger partial charge in [0.1, 0.15) is 17.2 Å². The number of carbonyl (C=O) groups is 1. The molecule has 0 aliphatic carbocycles. The number of benzene rings is 3. The normalized spacial score (nSPS) is 14.2. The van der Waals surface area contributed by atoms with E-state index in [2.05, 4.69) is 17.0 Å². The molecular weight excluding hydrogens is 376 g/mol. The van der Waals surface area contributed by atoms with Crippen LogP contribution in [0.15, 0.2) is 78.9 Å². The Hall–Kier alpha value is -3.47. The van der Waals surface area contributed by atoms with Crippen LogP contribution in [-0.4, -0.2) is 44.1 Å². The molecule has 0 N–H and O–H groups in total. The number of hydrogen-bond acceptors (Lipinski definition) is 4. The molecule has 154 valence electrons. The van der Waals surface area contributed by atoms with E-state index in [1.165, 1.54) is 0 Å². The van der Waals surface area contributed by atoms with E-state index < -0.39 is 0 Å². The summed E-state index contributed by atoms with van der Waals surface area (Å²) in [4.78, 5) is 17.4. The van der Waals surface area contributed by atoms with Crippen LogP contribution in [-0.2, 0) is 0 Å². The van der Waals surface area contributed by atoms with Crippen LogP contribution < -0.4 is 14.4 Å². The number of rotatable bonds is 5. The molecule has 5 heteroatoms. The van der Waals surface area contributed by atoms with Gasteiger partial charge in [-0.3, -0.25) is 4.79 Å². The average molecular weight is 402 g/mol. The number of amides is 1. The van der Waals surface area contributed by atoms with Gasteiger partial charge in [-0.15, -0.1) is 0 Å². The number of nitrogens with zero attached hydrogens (tertiary/aromatic N) is 2. The first-order valence-corrected chi connectivity index (χ1v) is 10.2. The first-order chi connectivity index (χ1) is 14.7. The predicted molar refractivity (Wildman–Crippen MR) is 119 cm³/mol. The van der Waals surface area contributed by atoms with Gasteiger partial charge in [0.25, 0.3) is 5.91 Å². The Morgan fingerprint density at radius 3 is 2.30 bits per heavy atom. The van der Waals surface area contributed by atoms with Crippen molar-refractivity contribution in [2.75, 3.05) is 38.2 Å². The molecule has 4 rings (SSSR count). The highest BCUT2D eigenvalue weighted by atomic mass is 16.5. The van der Waals surface area contributed by atoms with Gasteiger partial charge in [0, 0.05) is 37.4 Å². The van der Waals surface area contributed by atoms with E-state index >= 15 is 0 Å². The molecule has 1 aliphatic heterocycles. The maximum atomic E-state index is 13.1. The zero-order valence-corrected chi connectivity index (χ0v) is 17.2. The Morgan fingerprint density at radius 2 is 1.53 bits per heavy atom. The van der Waals surface area contributed by atoms with E-state index in [4.69, 9.17) is 9.47 Å². The van der Waals surface area contributed by atoms with Crippen LogP contribution in [0.1, 0.15) is 16.8 Å². The number of methoxy groups -OCH3 is 1. The third-order valence-electron chi connectivity index (χ3n) is 5.28. The molecule has 0 bridgehead atoms. The number of anilines is 1. The Morgan fingerprint density at radius 1 is 0.767 bits per heavy atom. The standard InChI is InChI=1S/C25H26N2O3/c1-29-22-13-11-21(12-14-22)26-15-6-16-27(18-17-26)25(28)20-7-5-10-24(19-20)30-23-8-3-2-4-9-23/h2-5,7-14,19H,6,15-18H2,1H3. The van der Waals surface area contributed by atoms with Crippen molar-refractivity contribution in [3.63, 3.8) is 0 Å². The fraction of sp³-hybridized carbons (Fsp3) is 0.240. The maximum absolute atomic E-state index is 13.1. The van der Waals surface area contributed by atoms with Gasteiger partial charge in [-0.1, -0.05) is 24.3 Å². The first kappa shape index (κ1) is 19.8. The van der Waals surface area contributed by atoms with Crippen LogP contribution in [0.25, 0.3) is 0 Å². The molecule has 3 aromatic carbocycles. The van der Waals surface area contributed by atoms with Gasteiger partial charge in [0.05, 0.1) is 7.11 Å². The second-order valence-electron chi connectivity index (χ2n) is 7.27. The van der Waals surface area contributed by atoms with E-state index in [1.54, 1.807) is 7.11 Å². The lowest BCUT2D eigenvalue weighted by molar-refractivity contribution is 0.0766. The van der Waals surface area contributed by atoms with Crippen molar-refractivity contribution < 1.29 is 14.3 Å².